The minimum absolute atomic E-state index is 0.507. The first-order chi connectivity index (χ1) is 5.19. The normalized spacial score (nSPS) is 21.3. The van der Waals surface area contributed by atoms with Gasteiger partial charge in [-0.3, -0.25) is 0 Å². The molecule has 0 aromatic rings. The molecular formula is C8H20O3P. The Kier molecular flexibility index (Phi) is 4.12. The SMILES string of the molecule is CC1([PH](O)(O)O)CC1.C[C](C)C. The molecule has 0 aliphatic heterocycles. The van der Waals surface area contributed by atoms with E-state index in [2.05, 4.69) is 20.8 Å². The Morgan fingerprint density at radius 1 is 1.08 bits per heavy atom. The molecule has 1 saturated carbocycles. The van der Waals surface area contributed by atoms with Crippen molar-refractivity contribution in [1.82, 2.24) is 0 Å². The van der Waals surface area contributed by atoms with Crippen LogP contribution in [0.25, 0.3) is 0 Å². The second-order valence-electron chi connectivity index (χ2n) is 4.20. The Morgan fingerprint density at radius 2 is 1.33 bits per heavy atom. The van der Waals surface area contributed by atoms with Gasteiger partial charge in [0.15, 0.2) is 0 Å². The second kappa shape index (κ2) is 4.01. The Balaban J connectivity index is 0.000000261. The summed E-state index contributed by atoms with van der Waals surface area (Å²) >= 11 is 0. The molecule has 0 aromatic heterocycles. The van der Waals surface area contributed by atoms with Crippen molar-refractivity contribution in [2.75, 3.05) is 0 Å². The molecule has 0 spiro atoms. The Morgan fingerprint density at radius 3 is 1.33 bits per heavy atom. The summed E-state index contributed by atoms with van der Waals surface area (Å²) in [6.45, 7) is 7.94. The summed E-state index contributed by atoms with van der Waals surface area (Å²) in [4.78, 5) is 26.0. The summed E-state index contributed by atoms with van der Waals surface area (Å²) in [5.41, 5.74) is 0. The van der Waals surface area contributed by atoms with Crippen molar-refractivity contribution in [2.45, 2.75) is 45.7 Å². The third-order valence-electron chi connectivity index (χ3n) is 1.81. The van der Waals surface area contributed by atoms with Crippen LogP contribution in [0, 0.1) is 5.92 Å². The third-order valence-corrected chi connectivity index (χ3v) is 3.93. The first-order valence-corrected chi connectivity index (χ1v) is 5.97. The molecule has 0 heterocycles. The maximum absolute atomic E-state index is 8.67. The second-order valence-corrected chi connectivity index (χ2v) is 6.67. The van der Waals surface area contributed by atoms with E-state index in [0.29, 0.717) is 0 Å². The fourth-order valence-electron chi connectivity index (χ4n) is 0.523. The van der Waals surface area contributed by atoms with Crippen LogP contribution in [0.15, 0.2) is 0 Å². The van der Waals surface area contributed by atoms with E-state index in [1.807, 2.05) is 0 Å². The molecule has 1 radical (unpaired) electrons. The van der Waals surface area contributed by atoms with Crippen LogP contribution in [0.3, 0.4) is 0 Å². The molecule has 0 unspecified atom stereocenters. The van der Waals surface area contributed by atoms with E-state index in [1.54, 1.807) is 6.92 Å². The minimum atomic E-state index is -3.75. The molecule has 0 saturated heterocycles. The van der Waals surface area contributed by atoms with E-state index in [-0.39, 0.29) is 0 Å². The number of rotatable bonds is 1. The van der Waals surface area contributed by atoms with Gasteiger partial charge < -0.3 is 0 Å². The molecule has 1 aliphatic carbocycles. The van der Waals surface area contributed by atoms with Crippen LogP contribution in [-0.4, -0.2) is 19.8 Å². The first kappa shape index (κ1) is 12.3. The van der Waals surface area contributed by atoms with E-state index >= 15 is 0 Å². The molecule has 75 valence electrons. The number of hydrogen-bond donors (Lipinski definition) is 3. The van der Waals surface area contributed by atoms with Gasteiger partial charge in [0, 0.05) is 0 Å². The molecule has 0 amide bonds. The molecule has 0 atom stereocenters. The van der Waals surface area contributed by atoms with Crippen LogP contribution >= 0.6 is 7.94 Å². The van der Waals surface area contributed by atoms with Gasteiger partial charge in [0.1, 0.15) is 0 Å². The van der Waals surface area contributed by atoms with Crippen LogP contribution in [0.5, 0.6) is 0 Å². The van der Waals surface area contributed by atoms with Crippen molar-refractivity contribution in [1.29, 1.82) is 0 Å². The van der Waals surface area contributed by atoms with E-state index in [9.17, 15) is 0 Å². The van der Waals surface area contributed by atoms with Gasteiger partial charge in [-0.1, -0.05) is 20.8 Å². The molecule has 0 bridgehead atoms. The summed E-state index contributed by atoms with van der Waals surface area (Å²) in [6, 6.07) is 0. The summed E-state index contributed by atoms with van der Waals surface area (Å²) in [7, 11) is -3.75. The van der Waals surface area contributed by atoms with Gasteiger partial charge in [0.25, 0.3) is 0 Å². The first-order valence-electron chi connectivity index (χ1n) is 4.13. The van der Waals surface area contributed by atoms with Crippen LogP contribution in [0.2, 0.25) is 0 Å². The van der Waals surface area contributed by atoms with E-state index in [0.717, 1.165) is 12.8 Å². The predicted octanol–water partition coefficient (Wildman–Crippen LogP) is 1.63. The topological polar surface area (TPSA) is 60.7 Å². The van der Waals surface area contributed by atoms with Crippen molar-refractivity contribution >= 4 is 7.94 Å². The van der Waals surface area contributed by atoms with Crippen LogP contribution in [0.4, 0.5) is 0 Å². The van der Waals surface area contributed by atoms with Crippen LogP contribution < -0.4 is 0 Å². The zero-order chi connectivity index (χ0) is 9.99. The number of hydrogen-bond acceptors (Lipinski definition) is 3. The van der Waals surface area contributed by atoms with Crippen molar-refractivity contribution in [2.24, 2.45) is 0 Å². The summed E-state index contributed by atoms with van der Waals surface area (Å²) in [5.74, 6) is 1.42. The van der Waals surface area contributed by atoms with Gasteiger partial charge in [0.2, 0.25) is 0 Å². The maximum atomic E-state index is 8.67. The summed E-state index contributed by atoms with van der Waals surface area (Å²) in [5, 5.41) is -0.507. The minimum Gasteiger partial charge on any atom is -0.0597 e. The monoisotopic (exact) mass is 195 g/mol. The van der Waals surface area contributed by atoms with Gasteiger partial charge in [-0.25, -0.2) is 0 Å². The standard InChI is InChI=1S/C4H11O3P.C4H9/c1-4(2-3-4)8(5,6)7;1-4(2)3/h5-8H,2-3H2,1H3;1-3H3. The van der Waals surface area contributed by atoms with Crippen molar-refractivity contribution < 1.29 is 14.7 Å². The molecule has 3 nitrogen and oxygen atoms in total. The molecule has 3 N–H and O–H groups in total. The van der Waals surface area contributed by atoms with Crippen molar-refractivity contribution in [3.63, 3.8) is 0 Å². The van der Waals surface area contributed by atoms with Gasteiger partial charge in [-0.2, -0.15) is 0 Å². The van der Waals surface area contributed by atoms with Crippen molar-refractivity contribution in [3.8, 4) is 0 Å². The third kappa shape index (κ3) is 4.36. The average Bonchev–Trinajstić information content (AvgIpc) is 2.43. The summed E-state index contributed by atoms with van der Waals surface area (Å²) in [6.07, 6.45) is 1.51. The Labute approximate surface area is 75.0 Å². The van der Waals surface area contributed by atoms with E-state index < -0.39 is 13.1 Å². The quantitative estimate of drug-likeness (QED) is 0.557. The summed E-state index contributed by atoms with van der Waals surface area (Å²) < 4.78 is 0. The zero-order valence-corrected chi connectivity index (χ0v) is 9.26. The average molecular weight is 195 g/mol. The Hall–Kier alpha value is 0.310. The van der Waals surface area contributed by atoms with Gasteiger partial charge in [-0.15, -0.1) is 0 Å². The van der Waals surface area contributed by atoms with Crippen LogP contribution in [0.1, 0.15) is 40.5 Å². The molecular weight excluding hydrogens is 175 g/mol. The fourth-order valence-corrected chi connectivity index (χ4v) is 1.32. The molecule has 12 heavy (non-hydrogen) atoms. The van der Waals surface area contributed by atoms with E-state index in [4.69, 9.17) is 14.7 Å². The molecule has 0 aromatic carbocycles. The van der Waals surface area contributed by atoms with Gasteiger partial charge in [0.05, 0.1) is 0 Å². The molecule has 4 heteroatoms. The molecule has 1 fully saturated rings. The van der Waals surface area contributed by atoms with Crippen LogP contribution in [-0.2, 0) is 0 Å². The van der Waals surface area contributed by atoms with Gasteiger partial charge >= 0.3 is 47.5 Å². The largest absolute Gasteiger partial charge is 0.0597 e. The fraction of sp³-hybridized carbons (Fsp3) is 0.875. The van der Waals surface area contributed by atoms with E-state index in [1.165, 1.54) is 5.92 Å². The smallest absolute Gasteiger partial charge is 0.0334 e. The Bertz CT molecular complexity index is 130. The predicted molar refractivity (Wildman–Crippen MR) is 52.9 cm³/mol. The zero-order valence-electron chi connectivity index (χ0n) is 8.26. The van der Waals surface area contributed by atoms with Crippen molar-refractivity contribution in [3.05, 3.63) is 5.92 Å². The molecule has 1 rings (SSSR count). The maximum Gasteiger partial charge on any atom is -0.0334 e. The molecule has 1 aliphatic rings. The van der Waals surface area contributed by atoms with Gasteiger partial charge in [-0.05, 0) is 5.92 Å².